The van der Waals surface area contributed by atoms with Gasteiger partial charge >= 0.3 is 0 Å². The highest BCUT2D eigenvalue weighted by molar-refractivity contribution is 9.12. The van der Waals surface area contributed by atoms with Crippen molar-refractivity contribution in [3.8, 4) is 0 Å². The van der Waals surface area contributed by atoms with Gasteiger partial charge in [-0.25, -0.2) is 0 Å². The molecule has 0 radical (unpaired) electrons. The molecule has 0 bridgehead atoms. The van der Waals surface area contributed by atoms with Crippen molar-refractivity contribution in [2.45, 2.75) is 36.2 Å². The molecule has 0 amide bonds. The summed E-state index contributed by atoms with van der Waals surface area (Å²) in [5, 5.41) is 0. The Bertz CT molecular complexity index is 707. The highest BCUT2D eigenvalue weighted by Crippen LogP contribution is 2.41. The van der Waals surface area contributed by atoms with E-state index in [0.29, 0.717) is 12.8 Å². The van der Waals surface area contributed by atoms with Gasteiger partial charge in [0.05, 0.1) is 20.3 Å². The summed E-state index contributed by atoms with van der Waals surface area (Å²) in [6, 6.07) is 0. The van der Waals surface area contributed by atoms with Gasteiger partial charge in [-0.05, 0) is 51.0 Å². The molecule has 1 nitrogen and oxygen atoms in total. The zero-order valence-electron chi connectivity index (χ0n) is 13.8. The Kier molecular flexibility index (Phi) is 6.86. The lowest BCUT2D eigenvalue weighted by molar-refractivity contribution is 0.642. The molecule has 2 unspecified atom stereocenters. The van der Waals surface area contributed by atoms with E-state index in [1.54, 1.807) is 0 Å². The Hall–Kier alpha value is -0.890. The van der Waals surface area contributed by atoms with Crippen LogP contribution in [0.5, 0.6) is 0 Å². The molecule has 0 heterocycles. The Morgan fingerprint density at radius 2 is 1.38 bits per heavy atom. The van der Waals surface area contributed by atoms with Crippen molar-refractivity contribution in [3.05, 3.63) is 81.2 Å². The minimum Gasteiger partial charge on any atom is -0.257 e. The molecule has 0 aliphatic heterocycles. The van der Waals surface area contributed by atoms with Gasteiger partial charge in [-0.2, -0.15) is 0 Å². The predicted molar refractivity (Wildman–Crippen MR) is 112 cm³/mol. The first kappa shape index (κ1) is 19.4. The molecule has 2 aliphatic carbocycles. The van der Waals surface area contributed by atoms with E-state index in [4.69, 9.17) is 0 Å². The third kappa shape index (κ3) is 4.20. The van der Waals surface area contributed by atoms with Gasteiger partial charge in [0.2, 0.25) is 0 Å². The van der Waals surface area contributed by atoms with Gasteiger partial charge in [0.15, 0.2) is 0 Å². The topological polar surface area (TPSA) is 17.1 Å². The van der Waals surface area contributed by atoms with E-state index in [0.717, 1.165) is 8.96 Å². The second kappa shape index (κ2) is 8.47. The van der Waals surface area contributed by atoms with Crippen molar-refractivity contribution in [1.29, 1.82) is 0 Å². The lowest BCUT2D eigenvalue weighted by atomic mass is 9.98. The van der Waals surface area contributed by atoms with Crippen molar-refractivity contribution in [2.24, 2.45) is 0 Å². The summed E-state index contributed by atoms with van der Waals surface area (Å²) < 4.78 is 14.6. The smallest absolute Gasteiger partial charge is 0.0941 e. The maximum Gasteiger partial charge on any atom is 0.0941 e. The summed E-state index contributed by atoms with van der Waals surface area (Å²) in [5.74, 6) is 0. The molecule has 0 aromatic heterocycles. The number of hydrogen-bond acceptors (Lipinski definition) is 1. The monoisotopic (exact) mass is 466 g/mol. The summed E-state index contributed by atoms with van der Waals surface area (Å²) >= 11 is 6.99. The van der Waals surface area contributed by atoms with E-state index < -0.39 is 20.3 Å². The maximum atomic E-state index is 13.8. The summed E-state index contributed by atoms with van der Waals surface area (Å²) in [4.78, 5) is 0. The van der Waals surface area contributed by atoms with Crippen LogP contribution < -0.4 is 0 Å². The molecule has 0 aromatic rings. The minimum atomic E-state index is -1.22. The molecule has 0 aromatic carbocycles. The third-order valence-electron chi connectivity index (χ3n) is 3.96. The standard InChI is InChI=1S/C20H20Br2OS/c1-3-5-11-19(13-7-17(21)8-14-19)24(23)20(12-6-4-2)15-9-18(22)10-16-20/h3-4,7-13,15H,14,16H2,1-2H3. The lowest BCUT2D eigenvalue weighted by Gasteiger charge is -2.37. The predicted octanol–water partition coefficient (Wildman–Crippen LogP) is 6.15. The summed E-state index contributed by atoms with van der Waals surface area (Å²) in [5.41, 5.74) is 6.29. The van der Waals surface area contributed by atoms with E-state index >= 15 is 0 Å². The van der Waals surface area contributed by atoms with Crippen LogP contribution in [-0.2, 0) is 10.8 Å². The molecule has 2 aliphatic rings. The quantitative estimate of drug-likeness (QED) is 0.453. The van der Waals surface area contributed by atoms with Gasteiger partial charge in [-0.15, -0.1) is 11.5 Å². The zero-order chi connectivity index (χ0) is 17.6. The van der Waals surface area contributed by atoms with Gasteiger partial charge in [0.1, 0.15) is 0 Å². The second-order valence-electron chi connectivity index (χ2n) is 5.63. The molecule has 0 N–H and O–H groups in total. The Morgan fingerprint density at radius 3 is 1.67 bits per heavy atom. The Balaban J connectivity index is 2.55. The average molecular weight is 468 g/mol. The van der Waals surface area contributed by atoms with Crippen LogP contribution in [0, 0.1) is 0 Å². The van der Waals surface area contributed by atoms with Crippen LogP contribution in [0.15, 0.2) is 81.2 Å². The number of halogens is 2. The molecular formula is C20H20Br2OS. The van der Waals surface area contributed by atoms with Crippen molar-refractivity contribution in [1.82, 2.24) is 0 Å². The second-order valence-corrected chi connectivity index (χ2v) is 9.52. The number of hydrogen-bond donors (Lipinski definition) is 0. The van der Waals surface area contributed by atoms with Gasteiger partial charge in [-0.3, -0.25) is 4.21 Å². The molecule has 0 saturated heterocycles. The highest BCUT2D eigenvalue weighted by atomic mass is 79.9. The van der Waals surface area contributed by atoms with Crippen molar-refractivity contribution >= 4 is 42.7 Å². The summed E-state index contributed by atoms with van der Waals surface area (Å²) in [6.07, 6.45) is 21.0. The zero-order valence-corrected chi connectivity index (χ0v) is 17.7. The Morgan fingerprint density at radius 1 is 0.958 bits per heavy atom. The van der Waals surface area contributed by atoms with Crippen LogP contribution in [0.1, 0.15) is 26.7 Å². The van der Waals surface area contributed by atoms with E-state index in [9.17, 15) is 4.21 Å². The molecular weight excluding hydrogens is 448 g/mol. The van der Waals surface area contributed by atoms with E-state index in [2.05, 4.69) is 55.5 Å². The Labute approximate surface area is 163 Å². The fourth-order valence-corrected chi connectivity index (χ4v) is 5.12. The number of rotatable bonds is 4. The van der Waals surface area contributed by atoms with Crippen LogP contribution in [0.4, 0.5) is 0 Å². The van der Waals surface area contributed by atoms with Crippen LogP contribution in [0.25, 0.3) is 0 Å². The highest BCUT2D eigenvalue weighted by Gasteiger charge is 2.44. The van der Waals surface area contributed by atoms with Crippen LogP contribution in [0.2, 0.25) is 0 Å². The SMILES string of the molecule is CC=C=CC1(S(=O)C2(C=C=CC)C=CC(Br)=CC2)C=CC(Br)=CC1. The van der Waals surface area contributed by atoms with Crippen LogP contribution in [-0.4, -0.2) is 13.7 Å². The molecule has 0 spiro atoms. The third-order valence-corrected chi connectivity index (χ3v) is 7.36. The average Bonchev–Trinajstić information content (AvgIpc) is 2.61. The maximum absolute atomic E-state index is 13.8. The van der Waals surface area contributed by atoms with Gasteiger partial charge in [0.25, 0.3) is 0 Å². The van der Waals surface area contributed by atoms with Gasteiger partial charge in [-0.1, -0.05) is 68.3 Å². The minimum absolute atomic E-state index is 0.586. The largest absolute Gasteiger partial charge is 0.257 e. The van der Waals surface area contributed by atoms with Crippen molar-refractivity contribution in [3.63, 3.8) is 0 Å². The van der Waals surface area contributed by atoms with Gasteiger partial charge < -0.3 is 0 Å². The molecule has 2 atom stereocenters. The summed E-state index contributed by atoms with van der Waals surface area (Å²) in [7, 11) is -1.22. The molecule has 2 rings (SSSR count). The molecule has 0 fully saturated rings. The molecule has 24 heavy (non-hydrogen) atoms. The van der Waals surface area contributed by atoms with Crippen LogP contribution >= 0.6 is 31.9 Å². The first-order valence-corrected chi connectivity index (χ1v) is 10.5. The first-order valence-electron chi connectivity index (χ1n) is 7.76. The number of allylic oxidation sites excluding steroid dienone is 6. The van der Waals surface area contributed by atoms with Crippen molar-refractivity contribution < 1.29 is 4.21 Å². The summed E-state index contributed by atoms with van der Waals surface area (Å²) in [6.45, 7) is 3.84. The van der Waals surface area contributed by atoms with Gasteiger partial charge in [0, 0.05) is 8.96 Å². The molecule has 4 heteroatoms. The van der Waals surface area contributed by atoms with Crippen LogP contribution in [0.3, 0.4) is 0 Å². The first-order chi connectivity index (χ1) is 11.5. The molecule has 0 saturated carbocycles. The van der Waals surface area contributed by atoms with Crippen molar-refractivity contribution in [2.75, 3.05) is 0 Å². The molecule has 126 valence electrons. The lowest BCUT2D eigenvalue weighted by Crippen LogP contribution is -2.44. The van der Waals surface area contributed by atoms with E-state index in [1.165, 1.54) is 0 Å². The van der Waals surface area contributed by atoms with E-state index in [-0.39, 0.29) is 0 Å². The fraction of sp³-hybridized carbons (Fsp3) is 0.300. The normalized spacial score (nSPS) is 29.5. The van der Waals surface area contributed by atoms with E-state index in [1.807, 2.05) is 62.5 Å². The fourth-order valence-electron chi connectivity index (χ4n) is 2.63.